The van der Waals surface area contributed by atoms with Crippen molar-refractivity contribution in [2.45, 2.75) is 6.92 Å². The predicted octanol–water partition coefficient (Wildman–Crippen LogP) is 0.753. The molecule has 0 unspecified atom stereocenters. The SMILES string of the molecule is CCN(CC(=O)O)C(=O)CN(C)C(=O)c1cccs1. The average molecular weight is 284 g/mol. The summed E-state index contributed by atoms with van der Waals surface area (Å²) in [4.78, 5) is 37.4. The second kappa shape index (κ2) is 6.89. The highest BCUT2D eigenvalue weighted by atomic mass is 32.1. The molecule has 0 atom stereocenters. The predicted molar refractivity (Wildman–Crippen MR) is 71.2 cm³/mol. The van der Waals surface area contributed by atoms with Crippen LogP contribution in [0.25, 0.3) is 0 Å². The van der Waals surface area contributed by atoms with Gasteiger partial charge >= 0.3 is 5.97 Å². The van der Waals surface area contributed by atoms with Crippen LogP contribution in [0.15, 0.2) is 17.5 Å². The lowest BCUT2D eigenvalue weighted by molar-refractivity contribution is -0.144. The molecule has 1 rings (SSSR count). The normalized spacial score (nSPS) is 10.0. The summed E-state index contributed by atoms with van der Waals surface area (Å²) in [6, 6.07) is 3.44. The molecule has 19 heavy (non-hydrogen) atoms. The fourth-order valence-corrected chi connectivity index (χ4v) is 2.22. The lowest BCUT2D eigenvalue weighted by Gasteiger charge is -2.22. The van der Waals surface area contributed by atoms with Crippen LogP contribution in [0.3, 0.4) is 0 Å². The lowest BCUT2D eigenvalue weighted by atomic mass is 10.3. The molecule has 0 radical (unpaired) electrons. The van der Waals surface area contributed by atoms with Crippen molar-refractivity contribution in [1.82, 2.24) is 9.80 Å². The van der Waals surface area contributed by atoms with Gasteiger partial charge in [-0.25, -0.2) is 0 Å². The number of rotatable bonds is 6. The number of aliphatic carboxylic acids is 1. The molecule has 0 aromatic carbocycles. The molecule has 1 heterocycles. The lowest BCUT2D eigenvalue weighted by Crippen LogP contribution is -2.43. The van der Waals surface area contributed by atoms with Crippen LogP contribution in [0.5, 0.6) is 0 Å². The quantitative estimate of drug-likeness (QED) is 0.836. The largest absolute Gasteiger partial charge is 0.480 e. The van der Waals surface area contributed by atoms with E-state index in [-0.39, 0.29) is 24.9 Å². The molecule has 0 spiro atoms. The summed E-state index contributed by atoms with van der Waals surface area (Å²) in [6.45, 7) is 1.52. The molecule has 0 fully saturated rings. The van der Waals surface area contributed by atoms with Crippen molar-refractivity contribution in [2.75, 3.05) is 26.7 Å². The molecular formula is C12H16N2O4S. The maximum absolute atomic E-state index is 11.9. The Bertz CT molecular complexity index is 458. The van der Waals surface area contributed by atoms with Crippen molar-refractivity contribution >= 4 is 29.1 Å². The highest BCUT2D eigenvalue weighted by molar-refractivity contribution is 7.12. The summed E-state index contributed by atoms with van der Waals surface area (Å²) in [6.07, 6.45) is 0. The summed E-state index contributed by atoms with van der Waals surface area (Å²) in [5.74, 6) is -1.69. The summed E-state index contributed by atoms with van der Waals surface area (Å²) < 4.78 is 0. The first-order valence-corrected chi connectivity index (χ1v) is 6.62. The van der Waals surface area contributed by atoms with Crippen LogP contribution < -0.4 is 0 Å². The zero-order chi connectivity index (χ0) is 14.4. The Morgan fingerprint density at radius 3 is 2.47 bits per heavy atom. The van der Waals surface area contributed by atoms with Crippen LogP contribution in [0.4, 0.5) is 0 Å². The Labute approximate surface area is 115 Å². The van der Waals surface area contributed by atoms with Gasteiger partial charge in [-0.1, -0.05) is 6.07 Å². The molecule has 1 aromatic rings. The first-order valence-electron chi connectivity index (χ1n) is 5.74. The molecule has 1 N–H and O–H groups in total. The highest BCUT2D eigenvalue weighted by Gasteiger charge is 2.20. The van der Waals surface area contributed by atoms with Crippen LogP contribution in [0.1, 0.15) is 16.6 Å². The number of likely N-dealkylation sites (N-methyl/N-ethyl adjacent to an activating group) is 2. The fraction of sp³-hybridized carbons (Fsp3) is 0.417. The van der Waals surface area contributed by atoms with E-state index in [4.69, 9.17) is 5.11 Å². The molecule has 6 nitrogen and oxygen atoms in total. The van der Waals surface area contributed by atoms with Gasteiger partial charge in [-0.2, -0.15) is 0 Å². The number of carboxylic acid groups (broad SMARTS) is 1. The Balaban J connectivity index is 2.60. The molecule has 0 aliphatic carbocycles. The van der Waals surface area contributed by atoms with Gasteiger partial charge in [0.05, 0.1) is 11.4 Å². The molecule has 2 amide bonds. The van der Waals surface area contributed by atoms with Gasteiger partial charge in [0.2, 0.25) is 5.91 Å². The third-order valence-corrected chi connectivity index (χ3v) is 3.37. The summed E-state index contributed by atoms with van der Waals surface area (Å²) >= 11 is 1.30. The van der Waals surface area contributed by atoms with Gasteiger partial charge in [-0.3, -0.25) is 14.4 Å². The van der Waals surface area contributed by atoms with Gasteiger partial charge in [0, 0.05) is 13.6 Å². The molecule has 0 bridgehead atoms. The van der Waals surface area contributed by atoms with Crippen molar-refractivity contribution < 1.29 is 19.5 Å². The number of hydrogen-bond acceptors (Lipinski definition) is 4. The number of carboxylic acids is 1. The summed E-state index contributed by atoms with van der Waals surface area (Å²) in [5, 5.41) is 10.5. The number of carbonyl (C=O) groups is 3. The Morgan fingerprint density at radius 1 is 1.32 bits per heavy atom. The first kappa shape index (κ1) is 15.2. The van der Waals surface area contributed by atoms with Crippen LogP contribution in [0.2, 0.25) is 0 Å². The Kier molecular flexibility index (Phi) is 5.50. The Hall–Kier alpha value is -1.89. The van der Waals surface area contributed by atoms with Crippen molar-refractivity contribution in [3.63, 3.8) is 0 Å². The van der Waals surface area contributed by atoms with E-state index < -0.39 is 5.97 Å². The van der Waals surface area contributed by atoms with Gasteiger partial charge in [-0.15, -0.1) is 11.3 Å². The molecule has 7 heteroatoms. The molecular weight excluding hydrogens is 268 g/mol. The monoisotopic (exact) mass is 284 g/mol. The van der Waals surface area contributed by atoms with E-state index in [0.29, 0.717) is 11.4 Å². The minimum absolute atomic E-state index is 0.127. The molecule has 0 saturated carbocycles. The van der Waals surface area contributed by atoms with E-state index in [2.05, 4.69) is 0 Å². The van der Waals surface area contributed by atoms with E-state index in [0.717, 1.165) is 0 Å². The maximum atomic E-state index is 11.9. The summed E-state index contributed by atoms with van der Waals surface area (Å²) in [7, 11) is 1.52. The topological polar surface area (TPSA) is 77.9 Å². The average Bonchev–Trinajstić information content (AvgIpc) is 2.88. The van der Waals surface area contributed by atoms with E-state index in [9.17, 15) is 14.4 Å². The van der Waals surface area contributed by atoms with E-state index in [1.807, 2.05) is 0 Å². The van der Waals surface area contributed by atoms with Gasteiger partial charge in [-0.05, 0) is 18.4 Å². The molecule has 1 aromatic heterocycles. The minimum Gasteiger partial charge on any atom is -0.480 e. The molecule has 0 aliphatic heterocycles. The highest BCUT2D eigenvalue weighted by Crippen LogP contribution is 2.11. The molecule has 104 valence electrons. The van der Waals surface area contributed by atoms with E-state index in [1.165, 1.54) is 28.2 Å². The van der Waals surface area contributed by atoms with Crippen molar-refractivity contribution in [3.8, 4) is 0 Å². The van der Waals surface area contributed by atoms with Gasteiger partial charge < -0.3 is 14.9 Å². The van der Waals surface area contributed by atoms with Gasteiger partial charge in [0.15, 0.2) is 0 Å². The van der Waals surface area contributed by atoms with Crippen LogP contribution >= 0.6 is 11.3 Å². The number of hydrogen-bond donors (Lipinski definition) is 1. The second-order valence-electron chi connectivity index (χ2n) is 3.94. The number of amides is 2. The first-order chi connectivity index (χ1) is 8.95. The number of carbonyl (C=O) groups excluding carboxylic acids is 2. The zero-order valence-corrected chi connectivity index (χ0v) is 11.6. The van der Waals surface area contributed by atoms with Crippen molar-refractivity contribution in [2.24, 2.45) is 0 Å². The van der Waals surface area contributed by atoms with Crippen molar-refractivity contribution in [3.05, 3.63) is 22.4 Å². The van der Waals surface area contributed by atoms with Gasteiger partial charge in [0.1, 0.15) is 6.54 Å². The molecule has 0 aliphatic rings. The van der Waals surface area contributed by atoms with Crippen molar-refractivity contribution in [1.29, 1.82) is 0 Å². The van der Waals surface area contributed by atoms with E-state index in [1.54, 1.807) is 24.4 Å². The molecule has 0 saturated heterocycles. The fourth-order valence-electron chi connectivity index (χ4n) is 1.50. The standard InChI is InChI=1S/C12H16N2O4S/c1-3-14(8-11(16)17)10(15)7-13(2)12(18)9-5-4-6-19-9/h4-6H,3,7-8H2,1-2H3,(H,16,17). The minimum atomic E-state index is -1.07. The van der Waals surface area contributed by atoms with E-state index >= 15 is 0 Å². The maximum Gasteiger partial charge on any atom is 0.323 e. The third kappa shape index (κ3) is 4.36. The summed E-state index contributed by atoms with van der Waals surface area (Å²) in [5.41, 5.74) is 0. The second-order valence-corrected chi connectivity index (χ2v) is 4.89. The zero-order valence-electron chi connectivity index (χ0n) is 10.8. The van der Waals surface area contributed by atoms with Gasteiger partial charge in [0.25, 0.3) is 5.91 Å². The Morgan fingerprint density at radius 2 is 2.00 bits per heavy atom. The smallest absolute Gasteiger partial charge is 0.323 e. The van der Waals surface area contributed by atoms with Crippen LogP contribution in [-0.2, 0) is 9.59 Å². The van der Waals surface area contributed by atoms with Crippen LogP contribution in [0, 0.1) is 0 Å². The number of nitrogens with zero attached hydrogens (tertiary/aromatic N) is 2. The van der Waals surface area contributed by atoms with Crippen LogP contribution in [-0.4, -0.2) is 59.4 Å². The third-order valence-electron chi connectivity index (χ3n) is 2.51. The number of thiophene rings is 1.